The minimum Gasteiger partial charge on any atom is -0.490 e. The van der Waals surface area contributed by atoms with Crippen LogP contribution in [0, 0.1) is 5.92 Å². The molecule has 0 unspecified atom stereocenters. The molecule has 2 rings (SSSR count). The zero-order valence-corrected chi connectivity index (χ0v) is 16.3. The molecule has 0 radical (unpaired) electrons. The lowest BCUT2D eigenvalue weighted by Gasteiger charge is -2.27. The first-order valence-corrected chi connectivity index (χ1v) is 9.45. The van der Waals surface area contributed by atoms with Crippen molar-refractivity contribution in [2.45, 2.75) is 26.3 Å². The van der Waals surface area contributed by atoms with Crippen LogP contribution in [0.5, 0.6) is 5.75 Å². The quantitative estimate of drug-likeness (QED) is 0.411. The third kappa shape index (κ3) is 4.53. The number of carbonyl (C=O) groups is 2. The van der Waals surface area contributed by atoms with E-state index in [2.05, 4.69) is 6.58 Å². The average Bonchev–Trinajstić information content (AvgIpc) is 2.88. The summed E-state index contributed by atoms with van der Waals surface area (Å²) in [4.78, 5) is 26.1. The second-order valence-corrected chi connectivity index (χ2v) is 7.56. The smallest absolute Gasteiger partial charge is 0.327 e. The van der Waals surface area contributed by atoms with Crippen LogP contribution in [0.25, 0.3) is 6.08 Å². The van der Waals surface area contributed by atoms with Gasteiger partial charge in [-0.3, -0.25) is 9.69 Å². The third-order valence-electron chi connectivity index (χ3n) is 4.08. The number of thiocarbonyl (C=S) groups is 1. The zero-order valence-electron chi connectivity index (χ0n) is 14.7. The number of carboxylic acid groups (broad SMARTS) is 1. The maximum Gasteiger partial charge on any atom is 0.327 e. The van der Waals surface area contributed by atoms with Gasteiger partial charge < -0.3 is 9.84 Å². The largest absolute Gasteiger partial charge is 0.490 e. The Morgan fingerprint density at radius 2 is 2.08 bits per heavy atom. The van der Waals surface area contributed by atoms with E-state index in [-0.39, 0.29) is 16.1 Å². The number of thioether (sulfide) groups is 1. The lowest BCUT2D eigenvalue weighted by molar-refractivity contribution is -0.147. The lowest BCUT2D eigenvalue weighted by atomic mass is 9.98. The predicted molar refractivity (Wildman–Crippen MR) is 108 cm³/mol. The Labute approximate surface area is 162 Å². The summed E-state index contributed by atoms with van der Waals surface area (Å²) in [6.45, 7) is 7.72. The fraction of sp³-hybridized carbons (Fsp3) is 0.316. The molecule has 1 saturated heterocycles. The Hall–Kier alpha value is -2.12. The summed E-state index contributed by atoms with van der Waals surface area (Å²) in [5.74, 6) is -0.895. The van der Waals surface area contributed by atoms with E-state index in [1.165, 1.54) is 4.90 Å². The van der Waals surface area contributed by atoms with Gasteiger partial charge in [-0.1, -0.05) is 69.0 Å². The minimum atomic E-state index is -1.04. The van der Waals surface area contributed by atoms with Crippen molar-refractivity contribution in [2.24, 2.45) is 5.92 Å². The van der Waals surface area contributed by atoms with Gasteiger partial charge in [0.1, 0.15) is 22.7 Å². The molecule has 26 heavy (non-hydrogen) atoms. The lowest BCUT2D eigenvalue weighted by Crippen LogP contribution is -2.47. The topological polar surface area (TPSA) is 66.8 Å². The number of rotatable bonds is 8. The van der Waals surface area contributed by atoms with Gasteiger partial charge in [0.05, 0.1) is 4.91 Å². The van der Waals surface area contributed by atoms with Crippen molar-refractivity contribution in [3.8, 4) is 5.75 Å². The molecule has 1 aliphatic heterocycles. The highest BCUT2D eigenvalue weighted by Crippen LogP contribution is 2.36. The fourth-order valence-electron chi connectivity index (χ4n) is 2.52. The Balaban J connectivity index is 2.23. The van der Waals surface area contributed by atoms with Gasteiger partial charge in [0, 0.05) is 0 Å². The summed E-state index contributed by atoms with van der Waals surface area (Å²) < 4.78 is 5.70. The molecule has 5 nitrogen and oxygen atoms in total. The number of hydrogen-bond acceptors (Lipinski definition) is 5. The van der Waals surface area contributed by atoms with E-state index in [9.17, 15) is 14.7 Å². The molecule has 1 aromatic carbocycles. The van der Waals surface area contributed by atoms with Crippen LogP contribution in [0.15, 0.2) is 41.8 Å². The molecular weight excluding hydrogens is 370 g/mol. The number of nitrogens with zero attached hydrogens (tertiary/aromatic N) is 1. The third-order valence-corrected chi connectivity index (χ3v) is 5.41. The molecule has 1 aliphatic rings. The summed E-state index contributed by atoms with van der Waals surface area (Å²) in [6, 6.07) is 6.31. The molecule has 1 N–H and O–H groups in total. The molecule has 1 fully saturated rings. The molecule has 0 saturated carbocycles. The number of aliphatic carboxylic acids is 1. The first-order valence-electron chi connectivity index (χ1n) is 8.22. The van der Waals surface area contributed by atoms with Crippen molar-refractivity contribution in [3.05, 3.63) is 47.4 Å². The number of amides is 1. The number of hydrogen-bond donors (Lipinski definition) is 1. The number of benzene rings is 1. The van der Waals surface area contributed by atoms with Gasteiger partial charge in [-0.15, -0.1) is 0 Å². The Morgan fingerprint density at radius 1 is 1.42 bits per heavy atom. The first-order chi connectivity index (χ1) is 12.4. The second-order valence-electron chi connectivity index (χ2n) is 5.89. The molecule has 0 bridgehead atoms. The molecule has 1 heterocycles. The summed E-state index contributed by atoms with van der Waals surface area (Å²) >= 11 is 6.41. The highest BCUT2D eigenvalue weighted by atomic mass is 32.2. The van der Waals surface area contributed by atoms with Crippen molar-refractivity contribution in [2.75, 3.05) is 6.61 Å². The Kier molecular flexibility index (Phi) is 6.99. The van der Waals surface area contributed by atoms with E-state index in [1.54, 1.807) is 24.3 Å². The maximum atomic E-state index is 12.7. The van der Waals surface area contributed by atoms with Gasteiger partial charge in [-0.2, -0.15) is 0 Å². The van der Waals surface area contributed by atoms with Crippen molar-refractivity contribution in [1.82, 2.24) is 4.90 Å². The average molecular weight is 392 g/mol. The molecule has 0 aliphatic carbocycles. The van der Waals surface area contributed by atoms with E-state index >= 15 is 0 Å². The van der Waals surface area contributed by atoms with Crippen LogP contribution < -0.4 is 4.74 Å². The molecule has 0 aromatic heterocycles. The minimum absolute atomic E-state index is 0.198. The summed E-state index contributed by atoms with van der Waals surface area (Å²) in [5.41, 5.74) is 0.812. The molecule has 1 aromatic rings. The first kappa shape index (κ1) is 20.2. The highest BCUT2D eigenvalue weighted by Gasteiger charge is 2.42. The van der Waals surface area contributed by atoms with Crippen LogP contribution in [0.2, 0.25) is 0 Å². The fourth-order valence-corrected chi connectivity index (χ4v) is 3.85. The number of ether oxygens (including phenoxy) is 1. The molecular formula is C19H21NO4S2. The zero-order chi connectivity index (χ0) is 19.3. The van der Waals surface area contributed by atoms with Gasteiger partial charge in [-0.05, 0) is 29.7 Å². The second kappa shape index (κ2) is 9.00. The standard InChI is InChI=1S/C19H21NO4S2/c1-4-10-24-14-8-6-13(7-9-14)11-15-17(21)20(19(25)26-15)16(18(22)23)12(3)5-2/h4,6-9,11-12,16H,1,5,10H2,2-3H3,(H,22,23)/b15-11-/t12-,16-/m1/s1. The van der Waals surface area contributed by atoms with Gasteiger partial charge in [0.25, 0.3) is 5.91 Å². The Bertz CT molecular complexity index is 742. The van der Waals surface area contributed by atoms with Crippen molar-refractivity contribution >= 4 is 46.3 Å². The monoisotopic (exact) mass is 391 g/mol. The number of carboxylic acids is 1. The van der Waals surface area contributed by atoms with E-state index in [0.717, 1.165) is 17.3 Å². The van der Waals surface area contributed by atoms with E-state index in [0.29, 0.717) is 23.7 Å². The van der Waals surface area contributed by atoms with E-state index in [4.69, 9.17) is 17.0 Å². The van der Waals surface area contributed by atoms with E-state index < -0.39 is 12.0 Å². The van der Waals surface area contributed by atoms with Gasteiger partial charge in [0.15, 0.2) is 0 Å². The van der Waals surface area contributed by atoms with Gasteiger partial charge in [-0.25, -0.2) is 4.79 Å². The van der Waals surface area contributed by atoms with E-state index in [1.807, 2.05) is 26.0 Å². The molecule has 2 atom stereocenters. The van der Waals surface area contributed by atoms with Crippen molar-refractivity contribution in [3.63, 3.8) is 0 Å². The van der Waals surface area contributed by atoms with Crippen LogP contribution in [0.4, 0.5) is 0 Å². The molecule has 7 heteroatoms. The van der Waals surface area contributed by atoms with Crippen LogP contribution in [0.3, 0.4) is 0 Å². The predicted octanol–water partition coefficient (Wildman–Crippen LogP) is 3.95. The number of carbonyl (C=O) groups excluding carboxylic acids is 1. The van der Waals surface area contributed by atoms with Crippen LogP contribution in [-0.4, -0.2) is 38.9 Å². The van der Waals surface area contributed by atoms with Crippen LogP contribution in [-0.2, 0) is 9.59 Å². The van der Waals surface area contributed by atoms with Gasteiger partial charge >= 0.3 is 5.97 Å². The summed E-state index contributed by atoms with van der Waals surface area (Å²) in [6.07, 6.45) is 4.01. The van der Waals surface area contributed by atoms with Crippen LogP contribution in [0.1, 0.15) is 25.8 Å². The van der Waals surface area contributed by atoms with Crippen molar-refractivity contribution < 1.29 is 19.4 Å². The summed E-state index contributed by atoms with van der Waals surface area (Å²) in [7, 11) is 0. The molecule has 0 spiro atoms. The summed E-state index contributed by atoms with van der Waals surface area (Å²) in [5, 5.41) is 9.54. The SMILES string of the molecule is C=CCOc1ccc(/C=C2\SC(=S)N([C@@H](C(=O)O)[C@H](C)CC)C2=O)cc1. The van der Waals surface area contributed by atoms with Gasteiger partial charge in [0.2, 0.25) is 0 Å². The highest BCUT2D eigenvalue weighted by molar-refractivity contribution is 8.26. The Morgan fingerprint density at radius 3 is 2.62 bits per heavy atom. The maximum absolute atomic E-state index is 12.7. The molecule has 1 amide bonds. The van der Waals surface area contributed by atoms with Crippen LogP contribution >= 0.6 is 24.0 Å². The van der Waals surface area contributed by atoms with Crippen molar-refractivity contribution in [1.29, 1.82) is 0 Å². The normalized spacial score (nSPS) is 18.1. The molecule has 138 valence electrons.